The van der Waals surface area contributed by atoms with Gasteiger partial charge in [-0.3, -0.25) is 28.9 Å². The van der Waals surface area contributed by atoms with Crippen LogP contribution in [0, 0.1) is 23.7 Å². The van der Waals surface area contributed by atoms with Crippen molar-refractivity contribution >= 4 is 29.2 Å². The Morgan fingerprint density at radius 3 is 1.87 bits per heavy atom. The van der Waals surface area contributed by atoms with Crippen molar-refractivity contribution in [3.8, 4) is 0 Å². The van der Waals surface area contributed by atoms with E-state index in [0.717, 1.165) is 11.1 Å². The van der Waals surface area contributed by atoms with Gasteiger partial charge in [0.1, 0.15) is 11.4 Å². The van der Waals surface area contributed by atoms with Crippen LogP contribution in [0.15, 0.2) is 60.7 Å². The van der Waals surface area contributed by atoms with Crippen LogP contribution in [-0.2, 0) is 46.3 Å². The van der Waals surface area contributed by atoms with Crippen LogP contribution in [0.5, 0.6) is 0 Å². The van der Waals surface area contributed by atoms with Gasteiger partial charge in [0, 0.05) is 37.8 Å². The highest BCUT2D eigenvalue weighted by atomic mass is 16.6. The summed E-state index contributed by atoms with van der Waals surface area (Å²) < 4.78 is 10.9. The molecule has 5 atom stereocenters. The van der Waals surface area contributed by atoms with Gasteiger partial charge in [-0.1, -0.05) is 88.4 Å². The molecule has 10 heteroatoms. The molecule has 2 amide bonds. The topological polar surface area (TPSA) is 134 Å². The molecular weight excluding hydrogens is 658 g/mol. The fourth-order valence-electron chi connectivity index (χ4n) is 6.84. The SMILES string of the molecule is CC(C)C[C@H](NC(=O)C(CCc1ccccc1)CC(=O)CN1CCOCC1)C(=O)C[C@@H](Cc1ccccc1)C(=O)N[C@@H](CC(C)C)C(=O)[C@@]1(C)CO1. The van der Waals surface area contributed by atoms with E-state index in [9.17, 15) is 24.0 Å². The summed E-state index contributed by atoms with van der Waals surface area (Å²) in [5.41, 5.74) is 1.07. The molecule has 52 heavy (non-hydrogen) atoms. The Hall–Kier alpha value is -3.73. The van der Waals surface area contributed by atoms with Crippen LogP contribution >= 0.6 is 0 Å². The van der Waals surface area contributed by atoms with E-state index in [1.807, 2.05) is 88.4 Å². The van der Waals surface area contributed by atoms with Crippen LogP contribution in [0.1, 0.15) is 77.8 Å². The number of hydrogen-bond acceptors (Lipinski definition) is 8. The van der Waals surface area contributed by atoms with Crippen LogP contribution in [0.3, 0.4) is 0 Å². The van der Waals surface area contributed by atoms with E-state index in [0.29, 0.717) is 65.0 Å². The number of morpholine rings is 1. The Labute approximate surface area is 309 Å². The van der Waals surface area contributed by atoms with Crippen LogP contribution in [0.25, 0.3) is 0 Å². The standard InChI is InChI=1S/C42H59N3O7/c1-29(2)22-36(43-40(49)33(17-16-31-12-8-6-9-13-31)25-35(46)27-45-18-20-51-21-19-45)38(47)26-34(24-32-14-10-7-11-15-32)41(50)44-37(23-30(3)4)39(48)42(5)28-52-42/h6-15,29-30,33-34,36-37H,16-28H2,1-5H3,(H,43,49)(H,44,50)/t33?,34-,36+,37+,42-/m1/s1. The molecular formula is C42H59N3O7. The maximum Gasteiger partial charge on any atom is 0.224 e. The molecule has 2 heterocycles. The predicted octanol–water partition coefficient (Wildman–Crippen LogP) is 4.76. The molecule has 0 radical (unpaired) electrons. The Kier molecular flexibility index (Phi) is 15.7. The van der Waals surface area contributed by atoms with E-state index in [-0.39, 0.29) is 60.4 Å². The number of hydrogen-bond donors (Lipinski definition) is 2. The minimum Gasteiger partial charge on any atom is -0.379 e. The quantitative estimate of drug-likeness (QED) is 0.167. The van der Waals surface area contributed by atoms with Gasteiger partial charge in [0.15, 0.2) is 11.6 Å². The van der Waals surface area contributed by atoms with E-state index < -0.39 is 29.5 Å². The van der Waals surface area contributed by atoms with Crippen molar-refractivity contribution in [2.75, 3.05) is 39.5 Å². The number of ether oxygens (including phenoxy) is 2. The summed E-state index contributed by atoms with van der Waals surface area (Å²) in [5.74, 6) is -2.27. The number of nitrogens with zero attached hydrogens (tertiary/aromatic N) is 1. The lowest BCUT2D eigenvalue weighted by Gasteiger charge is -2.28. The van der Waals surface area contributed by atoms with Crippen molar-refractivity contribution in [3.63, 3.8) is 0 Å². The van der Waals surface area contributed by atoms with Crippen LogP contribution < -0.4 is 10.6 Å². The second-order valence-corrected chi connectivity index (χ2v) is 15.7. The summed E-state index contributed by atoms with van der Waals surface area (Å²) in [6, 6.07) is 17.8. The number of nitrogens with one attached hydrogen (secondary N) is 2. The fourth-order valence-corrected chi connectivity index (χ4v) is 6.84. The second kappa shape index (κ2) is 19.9. The number of carbonyl (C=O) groups excluding carboxylic acids is 5. The van der Waals surface area contributed by atoms with Crippen molar-refractivity contribution in [2.24, 2.45) is 23.7 Å². The lowest BCUT2D eigenvalue weighted by molar-refractivity contribution is -0.136. The van der Waals surface area contributed by atoms with Gasteiger partial charge in [-0.15, -0.1) is 0 Å². The number of amides is 2. The molecule has 0 aliphatic carbocycles. The predicted molar refractivity (Wildman–Crippen MR) is 201 cm³/mol. The van der Waals surface area contributed by atoms with Crippen LogP contribution in [0.2, 0.25) is 0 Å². The van der Waals surface area contributed by atoms with Crippen molar-refractivity contribution in [1.82, 2.24) is 15.5 Å². The second-order valence-electron chi connectivity index (χ2n) is 15.7. The smallest absolute Gasteiger partial charge is 0.224 e. The first kappa shape index (κ1) is 41.0. The number of epoxide rings is 1. The van der Waals surface area contributed by atoms with Gasteiger partial charge in [0.25, 0.3) is 0 Å². The first-order valence-electron chi connectivity index (χ1n) is 19.0. The highest BCUT2D eigenvalue weighted by molar-refractivity contribution is 5.98. The maximum absolute atomic E-state index is 14.2. The van der Waals surface area contributed by atoms with Gasteiger partial charge in [0.05, 0.1) is 38.4 Å². The van der Waals surface area contributed by atoms with Gasteiger partial charge < -0.3 is 20.1 Å². The van der Waals surface area contributed by atoms with E-state index >= 15 is 0 Å². The minimum absolute atomic E-state index is 0.0163. The molecule has 1 unspecified atom stereocenters. The molecule has 0 saturated carbocycles. The Bertz CT molecular complexity index is 1470. The molecule has 0 bridgehead atoms. The molecule has 10 nitrogen and oxygen atoms in total. The van der Waals surface area contributed by atoms with Gasteiger partial charge in [-0.05, 0) is 62.0 Å². The normalized spacial score (nSPS) is 19.8. The lowest BCUT2D eigenvalue weighted by Crippen LogP contribution is -2.50. The molecule has 2 N–H and O–H groups in total. The van der Waals surface area contributed by atoms with Crippen molar-refractivity contribution < 1.29 is 33.4 Å². The summed E-state index contributed by atoms with van der Waals surface area (Å²) in [4.78, 5) is 71.0. The molecule has 2 saturated heterocycles. The zero-order valence-electron chi connectivity index (χ0n) is 31.7. The molecule has 284 valence electrons. The third-order valence-electron chi connectivity index (χ3n) is 9.97. The number of aryl methyl sites for hydroxylation is 1. The van der Waals surface area contributed by atoms with E-state index in [4.69, 9.17) is 9.47 Å². The van der Waals surface area contributed by atoms with Crippen LogP contribution in [-0.4, -0.2) is 91.2 Å². The van der Waals surface area contributed by atoms with Crippen LogP contribution in [0.4, 0.5) is 0 Å². The lowest BCUT2D eigenvalue weighted by atomic mass is 9.87. The third-order valence-corrected chi connectivity index (χ3v) is 9.97. The summed E-state index contributed by atoms with van der Waals surface area (Å²) in [6.45, 7) is 12.8. The summed E-state index contributed by atoms with van der Waals surface area (Å²) >= 11 is 0. The highest BCUT2D eigenvalue weighted by Gasteiger charge is 2.50. The molecule has 2 aliphatic heterocycles. The highest BCUT2D eigenvalue weighted by Crippen LogP contribution is 2.30. The van der Waals surface area contributed by atoms with Crippen molar-refractivity contribution in [2.45, 2.75) is 97.2 Å². The average Bonchev–Trinajstić information content (AvgIpc) is 3.87. The van der Waals surface area contributed by atoms with Crippen molar-refractivity contribution in [1.29, 1.82) is 0 Å². The number of carbonyl (C=O) groups is 5. The number of ketones is 3. The molecule has 2 aliphatic rings. The van der Waals surface area contributed by atoms with Gasteiger partial charge >= 0.3 is 0 Å². The van der Waals surface area contributed by atoms with E-state index in [2.05, 4.69) is 15.5 Å². The molecule has 2 aromatic carbocycles. The summed E-state index contributed by atoms with van der Waals surface area (Å²) in [7, 11) is 0. The summed E-state index contributed by atoms with van der Waals surface area (Å²) in [5, 5.41) is 6.03. The minimum atomic E-state index is -0.898. The zero-order valence-corrected chi connectivity index (χ0v) is 31.7. The molecule has 4 rings (SSSR count). The Morgan fingerprint density at radius 1 is 0.750 bits per heavy atom. The van der Waals surface area contributed by atoms with E-state index in [1.54, 1.807) is 6.92 Å². The Morgan fingerprint density at radius 2 is 1.29 bits per heavy atom. The molecule has 0 aromatic heterocycles. The fraction of sp³-hybridized carbons (Fsp3) is 0.595. The monoisotopic (exact) mass is 717 g/mol. The van der Waals surface area contributed by atoms with E-state index in [1.165, 1.54) is 0 Å². The molecule has 2 aromatic rings. The summed E-state index contributed by atoms with van der Waals surface area (Å²) in [6.07, 6.45) is 2.18. The number of benzene rings is 2. The Balaban J connectivity index is 1.51. The third kappa shape index (κ3) is 13.4. The number of Topliss-reactive ketones (excluding diaryl/α,β-unsaturated/α-hetero) is 3. The zero-order chi connectivity index (χ0) is 37.7. The maximum atomic E-state index is 14.2. The first-order chi connectivity index (χ1) is 24.8. The molecule has 0 spiro atoms. The van der Waals surface area contributed by atoms with Gasteiger partial charge in [0.2, 0.25) is 11.8 Å². The average molecular weight is 718 g/mol. The first-order valence-corrected chi connectivity index (χ1v) is 19.0. The van der Waals surface area contributed by atoms with Gasteiger partial charge in [-0.25, -0.2) is 0 Å². The number of rotatable bonds is 22. The molecule has 2 fully saturated rings. The largest absolute Gasteiger partial charge is 0.379 e. The van der Waals surface area contributed by atoms with Crippen molar-refractivity contribution in [3.05, 3.63) is 71.8 Å². The van der Waals surface area contributed by atoms with Gasteiger partial charge in [-0.2, -0.15) is 0 Å².